The van der Waals surface area contributed by atoms with Crippen molar-refractivity contribution in [3.05, 3.63) is 35.5 Å². The molecule has 1 fully saturated rings. The van der Waals surface area contributed by atoms with Crippen molar-refractivity contribution >= 4 is 17.7 Å². The van der Waals surface area contributed by atoms with Gasteiger partial charge in [0.1, 0.15) is 18.2 Å². The molecule has 2 N–H and O–H groups in total. The largest absolute Gasteiger partial charge is 0.444 e. The van der Waals surface area contributed by atoms with Crippen LogP contribution in [0.2, 0.25) is 0 Å². The predicted molar refractivity (Wildman–Crippen MR) is 95.7 cm³/mol. The van der Waals surface area contributed by atoms with Gasteiger partial charge in [-0.2, -0.15) is 0 Å². The van der Waals surface area contributed by atoms with Gasteiger partial charge in [0.05, 0.1) is 5.69 Å². The van der Waals surface area contributed by atoms with Crippen LogP contribution >= 0.6 is 0 Å². The zero-order chi connectivity index (χ0) is 17.4. The Morgan fingerprint density at radius 1 is 1.36 bits per heavy atom. The fourth-order valence-corrected chi connectivity index (χ4v) is 3.35. The van der Waals surface area contributed by atoms with E-state index in [-0.39, 0.29) is 6.61 Å². The number of carbonyl (C=O) groups excluding carboxylic acids is 1. The second kappa shape index (κ2) is 6.33. The van der Waals surface area contributed by atoms with E-state index in [0.717, 1.165) is 47.8 Å². The monoisotopic (exact) mass is 339 g/mol. The van der Waals surface area contributed by atoms with E-state index in [1.54, 1.807) is 6.20 Å². The molecule has 0 spiro atoms. The van der Waals surface area contributed by atoms with Crippen LogP contribution in [-0.2, 0) is 11.3 Å². The number of ether oxygens (including phenoxy) is 1. The lowest BCUT2D eigenvalue weighted by Crippen LogP contribution is -2.49. The van der Waals surface area contributed by atoms with Crippen molar-refractivity contribution in [1.29, 1.82) is 0 Å². The standard InChI is InChI=1S/C18H21N5O2/c1-11-7-15(21-16(8-11)23-6-5-19-12(2)9-23)13-3-4-20-17-14(13)10-25-18(24)22-17/h3-4,7-8,12,19H,5-6,9-10H2,1-2H3,(H,20,22,24). The Morgan fingerprint density at radius 2 is 2.24 bits per heavy atom. The third kappa shape index (κ3) is 3.15. The highest BCUT2D eigenvalue weighted by molar-refractivity contribution is 5.88. The number of nitrogens with one attached hydrogen (secondary N) is 2. The van der Waals surface area contributed by atoms with Crippen LogP contribution in [0.4, 0.5) is 16.4 Å². The van der Waals surface area contributed by atoms with Gasteiger partial charge in [0.25, 0.3) is 0 Å². The van der Waals surface area contributed by atoms with Crippen molar-refractivity contribution < 1.29 is 9.53 Å². The number of pyridine rings is 2. The van der Waals surface area contributed by atoms with E-state index in [9.17, 15) is 4.79 Å². The van der Waals surface area contributed by atoms with E-state index in [1.807, 2.05) is 6.07 Å². The van der Waals surface area contributed by atoms with Crippen LogP contribution < -0.4 is 15.5 Å². The second-order valence-corrected chi connectivity index (χ2v) is 6.58. The maximum absolute atomic E-state index is 11.4. The summed E-state index contributed by atoms with van der Waals surface area (Å²) < 4.78 is 5.12. The molecule has 7 heteroatoms. The third-order valence-electron chi connectivity index (χ3n) is 4.55. The average Bonchev–Trinajstić information content (AvgIpc) is 2.60. The number of rotatable bonds is 2. The van der Waals surface area contributed by atoms with Crippen LogP contribution in [0.15, 0.2) is 24.4 Å². The number of carbonyl (C=O) groups is 1. The minimum absolute atomic E-state index is 0.208. The highest BCUT2D eigenvalue weighted by Crippen LogP contribution is 2.31. The molecule has 130 valence electrons. The summed E-state index contributed by atoms with van der Waals surface area (Å²) in [6.45, 7) is 7.29. The molecule has 0 bridgehead atoms. The minimum atomic E-state index is -0.468. The summed E-state index contributed by atoms with van der Waals surface area (Å²) in [5.74, 6) is 1.53. The first-order valence-corrected chi connectivity index (χ1v) is 8.49. The third-order valence-corrected chi connectivity index (χ3v) is 4.55. The number of nitrogens with zero attached hydrogens (tertiary/aromatic N) is 3. The van der Waals surface area contributed by atoms with Crippen LogP contribution in [0.5, 0.6) is 0 Å². The first-order valence-electron chi connectivity index (χ1n) is 8.49. The summed E-state index contributed by atoms with van der Waals surface area (Å²) >= 11 is 0. The van der Waals surface area contributed by atoms with Crippen molar-refractivity contribution in [3.8, 4) is 11.3 Å². The Kier molecular flexibility index (Phi) is 4.01. The van der Waals surface area contributed by atoms with Gasteiger partial charge < -0.3 is 15.0 Å². The number of amides is 1. The lowest BCUT2D eigenvalue weighted by molar-refractivity contribution is 0.151. The van der Waals surface area contributed by atoms with E-state index in [2.05, 4.69) is 46.5 Å². The minimum Gasteiger partial charge on any atom is -0.444 e. The number of cyclic esters (lactones) is 1. The van der Waals surface area contributed by atoms with Crippen molar-refractivity contribution in [2.24, 2.45) is 0 Å². The Bertz CT molecular complexity index is 823. The normalized spacial score (nSPS) is 19.8. The smallest absolute Gasteiger partial charge is 0.413 e. The molecule has 2 aromatic rings. The summed E-state index contributed by atoms with van der Waals surface area (Å²) in [5.41, 5.74) is 3.83. The SMILES string of the molecule is Cc1cc(-c2ccnc3c2COC(=O)N3)nc(N2CCNC(C)C2)c1. The molecule has 2 aromatic heterocycles. The van der Waals surface area contributed by atoms with E-state index < -0.39 is 6.09 Å². The van der Waals surface area contributed by atoms with Gasteiger partial charge in [-0.25, -0.2) is 14.8 Å². The Balaban J connectivity index is 1.74. The first-order chi connectivity index (χ1) is 12.1. The highest BCUT2D eigenvalue weighted by atomic mass is 16.5. The van der Waals surface area contributed by atoms with Crippen molar-refractivity contribution in [2.45, 2.75) is 26.5 Å². The number of hydrogen-bond acceptors (Lipinski definition) is 6. The molecule has 4 rings (SSSR count). The Hall–Kier alpha value is -2.67. The molecule has 0 aromatic carbocycles. The number of piperazine rings is 1. The molecule has 2 aliphatic rings. The number of anilines is 2. The lowest BCUT2D eigenvalue weighted by Gasteiger charge is -2.33. The maximum atomic E-state index is 11.4. The van der Waals surface area contributed by atoms with Crippen LogP contribution in [-0.4, -0.2) is 41.7 Å². The summed E-state index contributed by atoms with van der Waals surface area (Å²) in [5, 5.41) is 6.10. The van der Waals surface area contributed by atoms with Crippen LogP contribution in [0.3, 0.4) is 0 Å². The zero-order valence-electron chi connectivity index (χ0n) is 14.4. The molecular formula is C18H21N5O2. The van der Waals surface area contributed by atoms with Gasteiger partial charge in [-0.1, -0.05) is 0 Å². The second-order valence-electron chi connectivity index (χ2n) is 6.58. The quantitative estimate of drug-likeness (QED) is 0.874. The van der Waals surface area contributed by atoms with Gasteiger partial charge >= 0.3 is 6.09 Å². The molecule has 1 unspecified atom stereocenters. The molecule has 0 radical (unpaired) electrons. The van der Waals surface area contributed by atoms with Crippen molar-refractivity contribution in [2.75, 3.05) is 29.9 Å². The van der Waals surface area contributed by atoms with Gasteiger partial charge in [-0.15, -0.1) is 0 Å². The predicted octanol–water partition coefficient (Wildman–Crippen LogP) is 2.31. The Labute approximate surface area is 146 Å². The van der Waals surface area contributed by atoms with E-state index in [1.165, 1.54) is 0 Å². The number of hydrogen-bond donors (Lipinski definition) is 2. The van der Waals surface area contributed by atoms with Gasteiger partial charge in [-0.3, -0.25) is 5.32 Å². The fourth-order valence-electron chi connectivity index (χ4n) is 3.35. The van der Waals surface area contributed by atoms with Crippen molar-refractivity contribution in [3.63, 3.8) is 0 Å². The molecule has 1 atom stereocenters. The van der Waals surface area contributed by atoms with Crippen LogP contribution in [0.25, 0.3) is 11.3 Å². The van der Waals surface area contributed by atoms with Crippen LogP contribution in [0.1, 0.15) is 18.1 Å². The van der Waals surface area contributed by atoms with E-state index in [4.69, 9.17) is 9.72 Å². The van der Waals surface area contributed by atoms with E-state index >= 15 is 0 Å². The molecular weight excluding hydrogens is 318 g/mol. The van der Waals surface area contributed by atoms with Crippen molar-refractivity contribution in [1.82, 2.24) is 15.3 Å². The van der Waals surface area contributed by atoms with Gasteiger partial charge in [-0.05, 0) is 37.6 Å². The first kappa shape index (κ1) is 15.8. The lowest BCUT2D eigenvalue weighted by atomic mass is 10.0. The highest BCUT2D eigenvalue weighted by Gasteiger charge is 2.22. The molecule has 0 saturated carbocycles. The average molecular weight is 339 g/mol. The molecule has 0 aliphatic carbocycles. The molecule has 4 heterocycles. The summed E-state index contributed by atoms with van der Waals surface area (Å²) in [7, 11) is 0. The Morgan fingerprint density at radius 3 is 3.08 bits per heavy atom. The maximum Gasteiger partial charge on any atom is 0.413 e. The molecule has 1 amide bonds. The van der Waals surface area contributed by atoms with Gasteiger partial charge in [0.2, 0.25) is 0 Å². The van der Waals surface area contributed by atoms with Gasteiger partial charge in [0, 0.05) is 43.0 Å². The molecule has 2 aliphatic heterocycles. The molecule has 25 heavy (non-hydrogen) atoms. The molecule has 7 nitrogen and oxygen atoms in total. The van der Waals surface area contributed by atoms with Gasteiger partial charge in [0.15, 0.2) is 0 Å². The van der Waals surface area contributed by atoms with E-state index in [0.29, 0.717) is 11.9 Å². The number of aromatic nitrogens is 2. The number of fused-ring (bicyclic) bond motifs is 1. The topological polar surface area (TPSA) is 79.4 Å². The molecule has 1 saturated heterocycles. The summed E-state index contributed by atoms with van der Waals surface area (Å²) in [6.07, 6.45) is 1.22. The fraction of sp³-hybridized carbons (Fsp3) is 0.389. The zero-order valence-corrected chi connectivity index (χ0v) is 14.4. The number of aryl methyl sites for hydroxylation is 1. The summed E-state index contributed by atoms with van der Waals surface area (Å²) in [6, 6.07) is 6.54. The van der Waals surface area contributed by atoms with Crippen LogP contribution in [0, 0.1) is 6.92 Å². The summed E-state index contributed by atoms with van der Waals surface area (Å²) in [4.78, 5) is 22.9.